The topological polar surface area (TPSA) is 63.8 Å². The minimum Gasteiger partial charge on any atom is -0.382 e. The number of anilines is 2. The number of nitrogens with two attached hydrogens (primary N) is 1. The van der Waals surface area contributed by atoms with E-state index in [4.69, 9.17) is 5.73 Å². The van der Waals surface area contributed by atoms with Gasteiger partial charge in [-0.15, -0.1) is 11.3 Å². The van der Waals surface area contributed by atoms with Crippen LogP contribution in [0.25, 0.3) is 10.6 Å². The predicted octanol–water partition coefficient (Wildman–Crippen LogP) is 4.33. The molecule has 0 aliphatic carbocycles. The maximum absolute atomic E-state index is 6.02. The Balaban J connectivity index is 1.90. The highest BCUT2D eigenvalue weighted by atomic mass is 32.1. The highest BCUT2D eigenvalue weighted by Crippen LogP contribution is 2.39. The Kier molecular flexibility index (Phi) is 3.90. The van der Waals surface area contributed by atoms with Crippen LogP contribution in [-0.2, 0) is 0 Å². The first-order valence-electron chi connectivity index (χ1n) is 6.64. The van der Waals surface area contributed by atoms with Crippen molar-refractivity contribution in [1.29, 1.82) is 0 Å². The van der Waals surface area contributed by atoms with E-state index in [2.05, 4.69) is 33.7 Å². The van der Waals surface area contributed by atoms with Crippen LogP contribution in [0.15, 0.2) is 35.7 Å². The molecule has 3 aromatic rings. The molecule has 3 N–H and O–H groups in total. The second-order valence-electron chi connectivity index (χ2n) is 4.84. The van der Waals surface area contributed by atoms with Crippen LogP contribution >= 0.6 is 22.9 Å². The first-order valence-corrected chi connectivity index (χ1v) is 8.29. The molecule has 0 saturated heterocycles. The van der Waals surface area contributed by atoms with Crippen LogP contribution in [0.5, 0.6) is 0 Å². The molecule has 2 heterocycles. The zero-order chi connectivity index (χ0) is 14.8. The summed E-state index contributed by atoms with van der Waals surface area (Å²) >= 11 is 2.98. The van der Waals surface area contributed by atoms with Gasteiger partial charge < -0.3 is 11.1 Å². The third-order valence-corrected chi connectivity index (χ3v) is 4.97. The molecule has 0 saturated carbocycles. The molecule has 0 bridgehead atoms. The normalized spacial score (nSPS) is 12.3. The van der Waals surface area contributed by atoms with Crippen molar-refractivity contribution in [3.05, 3.63) is 47.0 Å². The Morgan fingerprint density at radius 2 is 2.00 bits per heavy atom. The summed E-state index contributed by atoms with van der Waals surface area (Å²) in [5.41, 5.74) is 9.17. The number of hydrogen-bond donors (Lipinski definition) is 2. The molecule has 0 spiro atoms. The van der Waals surface area contributed by atoms with Crippen LogP contribution in [0.1, 0.15) is 24.2 Å². The fourth-order valence-electron chi connectivity index (χ4n) is 2.10. The number of aromatic nitrogens is 2. The van der Waals surface area contributed by atoms with Crippen LogP contribution in [-0.4, -0.2) is 9.36 Å². The third kappa shape index (κ3) is 2.91. The molecule has 21 heavy (non-hydrogen) atoms. The Morgan fingerprint density at radius 3 is 2.67 bits per heavy atom. The lowest BCUT2D eigenvalue weighted by Crippen LogP contribution is -2.06. The summed E-state index contributed by atoms with van der Waals surface area (Å²) < 4.78 is 4.27. The maximum atomic E-state index is 6.02. The van der Waals surface area contributed by atoms with E-state index in [0.29, 0.717) is 5.82 Å². The SMILES string of the molecule is Cc1csc(-c2c(N)nsc2NC(C)c2ccccc2)n1. The average Bonchev–Trinajstić information content (AvgIpc) is 3.06. The Bertz CT molecular complexity index is 733. The first kappa shape index (κ1) is 14.0. The van der Waals surface area contributed by atoms with Crippen molar-refractivity contribution >= 4 is 33.7 Å². The number of nitrogen functional groups attached to an aromatic ring is 1. The van der Waals surface area contributed by atoms with Gasteiger partial charge in [-0.2, -0.15) is 4.37 Å². The van der Waals surface area contributed by atoms with Gasteiger partial charge >= 0.3 is 0 Å². The fourth-order valence-corrected chi connectivity index (χ4v) is 3.82. The molecule has 1 aromatic carbocycles. The first-order chi connectivity index (χ1) is 10.1. The van der Waals surface area contributed by atoms with Crippen LogP contribution in [0, 0.1) is 6.92 Å². The van der Waals surface area contributed by atoms with E-state index in [0.717, 1.165) is 21.3 Å². The molecule has 1 unspecified atom stereocenters. The number of rotatable bonds is 4. The number of thiazole rings is 1. The summed E-state index contributed by atoms with van der Waals surface area (Å²) in [4.78, 5) is 4.52. The monoisotopic (exact) mass is 316 g/mol. The lowest BCUT2D eigenvalue weighted by Gasteiger charge is -2.14. The minimum atomic E-state index is 0.186. The molecular weight excluding hydrogens is 300 g/mol. The van der Waals surface area contributed by atoms with Crippen molar-refractivity contribution < 1.29 is 0 Å². The summed E-state index contributed by atoms with van der Waals surface area (Å²) in [6.45, 7) is 4.11. The number of benzene rings is 1. The summed E-state index contributed by atoms with van der Waals surface area (Å²) in [6.07, 6.45) is 0. The Hall–Kier alpha value is -1.92. The smallest absolute Gasteiger partial charge is 0.149 e. The summed E-state index contributed by atoms with van der Waals surface area (Å²) in [5.74, 6) is 0.539. The standard InChI is InChI=1S/C15H16N4S2/c1-9-8-20-14(17-9)12-13(16)19-21-15(12)18-10(2)11-6-4-3-5-7-11/h3-8,10,18H,1-2H3,(H2,16,19). The second-order valence-corrected chi connectivity index (χ2v) is 6.47. The van der Waals surface area contributed by atoms with Gasteiger partial charge in [0.05, 0.1) is 5.56 Å². The number of aryl methyl sites for hydroxylation is 1. The highest BCUT2D eigenvalue weighted by Gasteiger charge is 2.18. The minimum absolute atomic E-state index is 0.186. The summed E-state index contributed by atoms with van der Waals surface area (Å²) in [5, 5.41) is 7.41. The van der Waals surface area contributed by atoms with E-state index in [1.807, 2.05) is 30.5 Å². The van der Waals surface area contributed by atoms with Crippen molar-refractivity contribution in [3.8, 4) is 10.6 Å². The Labute approximate surface area is 131 Å². The van der Waals surface area contributed by atoms with Gasteiger partial charge in [-0.3, -0.25) is 0 Å². The second kappa shape index (κ2) is 5.83. The van der Waals surface area contributed by atoms with Gasteiger partial charge in [0.2, 0.25) is 0 Å². The van der Waals surface area contributed by atoms with Gasteiger partial charge in [-0.1, -0.05) is 30.3 Å². The molecule has 108 valence electrons. The van der Waals surface area contributed by atoms with Crippen LogP contribution in [0.2, 0.25) is 0 Å². The van der Waals surface area contributed by atoms with Gasteiger partial charge in [-0.05, 0) is 30.9 Å². The van der Waals surface area contributed by atoms with E-state index >= 15 is 0 Å². The van der Waals surface area contributed by atoms with Gasteiger partial charge in [-0.25, -0.2) is 4.98 Å². The summed E-state index contributed by atoms with van der Waals surface area (Å²) in [6, 6.07) is 10.5. The van der Waals surface area contributed by atoms with Crippen molar-refractivity contribution in [2.45, 2.75) is 19.9 Å². The number of nitrogens with one attached hydrogen (secondary N) is 1. The van der Waals surface area contributed by atoms with Gasteiger partial charge in [0.1, 0.15) is 15.8 Å². The molecule has 0 aliphatic heterocycles. The van der Waals surface area contributed by atoms with Gasteiger partial charge in [0.15, 0.2) is 0 Å². The summed E-state index contributed by atoms with van der Waals surface area (Å²) in [7, 11) is 0. The predicted molar refractivity (Wildman–Crippen MR) is 90.9 cm³/mol. The molecule has 3 rings (SSSR count). The van der Waals surface area contributed by atoms with Crippen LogP contribution in [0.3, 0.4) is 0 Å². The number of nitrogens with zero attached hydrogens (tertiary/aromatic N) is 2. The zero-order valence-corrected chi connectivity index (χ0v) is 13.5. The molecule has 0 radical (unpaired) electrons. The molecular formula is C15H16N4S2. The van der Waals surface area contributed by atoms with E-state index in [-0.39, 0.29) is 6.04 Å². The van der Waals surface area contributed by atoms with Crippen molar-refractivity contribution in [2.24, 2.45) is 0 Å². The van der Waals surface area contributed by atoms with E-state index in [1.54, 1.807) is 11.3 Å². The molecule has 1 atom stereocenters. The average molecular weight is 316 g/mol. The van der Waals surface area contributed by atoms with Crippen molar-refractivity contribution in [1.82, 2.24) is 9.36 Å². The maximum Gasteiger partial charge on any atom is 0.149 e. The lowest BCUT2D eigenvalue weighted by atomic mass is 10.1. The fraction of sp³-hybridized carbons (Fsp3) is 0.200. The van der Waals surface area contributed by atoms with Crippen molar-refractivity contribution in [3.63, 3.8) is 0 Å². The molecule has 4 nitrogen and oxygen atoms in total. The molecule has 2 aromatic heterocycles. The van der Waals surface area contributed by atoms with E-state index in [9.17, 15) is 0 Å². The molecule has 0 aliphatic rings. The quantitative estimate of drug-likeness (QED) is 0.752. The molecule has 0 amide bonds. The highest BCUT2D eigenvalue weighted by molar-refractivity contribution is 7.15. The van der Waals surface area contributed by atoms with E-state index in [1.165, 1.54) is 17.1 Å². The molecule has 6 heteroatoms. The number of hydrogen-bond acceptors (Lipinski definition) is 6. The largest absolute Gasteiger partial charge is 0.382 e. The van der Waals surface area contributed by atoms with Crippen LogP contribution < -0.4 is 11.1 Å². The van der Waals surface area contributed by atoms with E-state index < -0.39 is 0 Å². The van der Waals surface area contributed by atoms with Gasteiger partial charge in [0, 0.05) is 17.1 Å². The van der Waals surface area contributed by atoms with Gasteiger partial charge in [0.25, 0.3) is 0 Å². The van der Waals surface area contributed by atoms with Crippen LogP contribution in [0.4, 0.5) is 10.8 Å². The zero-order valence-electron chi connectivity index (χ0n) is 11.8. The lowest BCUT2D eigenvalue weighted by molar-refractivity contribution is 0.890. The van der Waals surface area contributed by atoms with Crippen molar-refractivity contribution in [2.75, 3.05) is 11.1 Å². The third-order valence-electron chi connectivity index (χ3n) is 3.20. The Morgan fingerprint density at radius 1 is 1.24 bits per heavy atom. The molecule has 0 fully saturated rings.